The lowest BCUT2D eigenvalue weighted by atomic mass is 9.95. The topological polar surface area (TPSA) is 41.1 Å². The standard InChI is InChI=1S/C18H25N3O/c1-14-5-6-15(2)18(12-14)22-11-10-21-9-3-4-16(13-21)17-7-8-19-20-17/h5-8,12,16H,3-4,9-11,13H2,1-2H3,(H,19,20). The third-order valence-electron chi connectivity index (χ3n) is 4.48. The fraction of sp³-hybridized carbons (Fsp3) is 0.500. The molecule has 4 heteroatoms. The van der Waals surface area contributed by atoms with Crippen LogP contribution in [0.3, 0.4) is 0 Å². The molecule has 3 rings (SSSR count). The Labute approximate surface area is 132 Å². The maximum Gasteiger partial charge on any atom is 0.122 e. The average Bonchev–Trinajstić information content (AvgIpc) is 3.05. The van der Waals surface area contributed by atoms with E-state index in [4.69, 9.17) is 4.74 Å². The van der Waals surface area contributed by atoms with Crippen molar-refractivity contribution in [2.45, 2.75) is 32.6 Å². The van der Waals surface area contributed by atoms with Crippen LogP contribution >= 0.6 is 0 Å². The first-order valence-corrected chi connectivity index (χ1v) is 8.14. The molecule has 1 aromatic heterocycles. The molecule has 2 aromatic rings. The van der Waals surface area contributed by atoms with Crippen molar-refractivity contribution < 1.29 is 4.74 Å². The van der Waals surface area contributed by atoms with Crippen molar-refractivity contribution in [3.8, 4) is 5.75 Å². The highest BCUT2D eigenvalue weighted by molar-refractivity contribution is 5.35. The van der Waals surface area contributed by atoms with Crippen molar-refractivity contribution in [2.75, 3.05) is 26.2 Å². The number of hydrogen-bond donors (Lipinski definition) is 1. The van der Waals surface area contributed by atoms with Crippen molar-refractivity contribution >= 4 is 0 Å². The molecule has 22 heavy (non-hydrogen) atoms. The number of piperidine rings is 1. The van der Waals surface area contributed by atoms with Crippen LogP contribution in [0.15, 0.2) is 30.5 Å². The van der Waals surface area contributed by atoms with Crippen molar-refractivity contribution in [1.82, 2.24) is 15.1 Å². The number of aromatic amines is 1. The first-order chi connectivity index (χ1) is 10.7. The van der Waals surface area contributed by atoms with Crippen molar-refractivity contribution in [3.05, 3.63) is 47.3 Å². The van der Waals surface area contributed by atoms with Crippen LogP contribution in [-0.4, -0.2) is 41.3 Å². The first-order valence-electron chi connectivity index (χ1n) is 8.14. The summed E-state index contributed by atoms with van der Waals surface area (Å²) >= 11 is 0. The number of aryl methyl sites for hydroxylation is 2. The Hall–Kier alpha value is -1.81. The zero-order valence-corrected chi connectivity index (χ0v) is 13.5. The second-order valence-electron chi connectivity index (χ2n) is 6.27. The van der Waals surface area contributed by atoms with E-state index < -0.39 is 0 Å². The molecule has 1 atom stereocenters. The van der Waals surface area contributed by atoms with E-state index in [0.717, 1.165) is 25.4 Å². The molecule has 118 valence electrons. The third-order valence-corrected chi connectivity index (χ3v) is 4.48. The smallest absolute Gasteiger partial charge is 0.122 e. The molecule has 1 fully saturated rings. The molecule has 0 spiro atoms. The van der Waals surface area contributed by atoms with E-state index in [2.05, 4.69) is 53.2 Å². The van der Waals surface area contributed by atoms with Crippen LogP contribution in [-0.2, 0) is 0 Å². The average molecular weight is 299 g/mol. The van der Waals surface area contributed by atoms with Gasteiger partial charge in [-0.05, 0) is 56.5 Å². The Morgan fingerprint density at radius 1 is 1.32 bits per heavy atom. The predicted molar refractivity (Wildman–Crippen MR) is 88.4 cm³/mol. The SMILES string of the molecule is Cc1ccc(C)c(OCCN2CCCC(c3ccn[nH]3)C2)c1. The quantitative estimate of drug-likeness (QED) is 0.921. The van der Waals surface area contributed by atoms with Gasteiger partial charge in [-0.1, -0.05) is 12.1 Å². The number of ether oxygens (including phenoxy) is 1. The van der Waals surface area contributed by atoms with Crippen LogP contribution < -0.4 is 4.74 Å². The lowest BCUT2D eigenvalue weighted by Gasteiger charge is -2.32. The summed E-state index contributed by atoms with van der Waals surface area (Å²) in [6.45, 7) is 8.20. The molecule has 1 unspecified atom stereocenters. The second-order valence-corrected chi connectivity index (χ2v) is 6.27. The third kappa shape index (κ3) is 3.69. The van der Waals surface area contributed by atoms with Crippen LogP contribution in [0, 0.1) is 13.8 Å². The molecule has 1 saturated heterocycles. The number of rotatable bonds is 5. The molecular weight excluding hydrogens is 274 g/mol. The minimum Gasteiger partial charge on any atom is -0.492 e. The number of nitrogens with one attached hydrogen (secondary N) is 1. The summed E-state index contributed by atoms with van der Waals surface area (Å²) in [5, 5.41) is 7.19. The van der Waals surface area contributed by atoms with E-state index in [9.17, 15) is 0 Å². The minimum absolute atomic E-state index is 0.581. The largest absolute Gasteiger partial charge is 0.492 e. The maximum atomic E-state index is 5.98. The molecule has 2 heterocycles. The predicted octanol–water partition coefficient (Wildman–Crippen LogP) is 3.28. The first kappa shape index (κ1) is 15.1. The number of aromatic nitrogens is 2. The highest BCUT2D eigenvalue weighted by Crippen LogP contribution is 2.25. The normalized spacial score (nSPS) is 19.3. The zero-order chi connectivity index (χ0) is 15.4. The Balaban J connectivity index is 1.50. The van der Waals surface area contributed by atoms with Crippen LogP contribution in [0.5, 0.6) is 5.75 Å². The van der Waals surface area contributed by atoms with Crippen LogP contribution in [0.25, 0.3) is 0 Å². The summed E-state index contributed by atoms with van der Waals surface area (Å²) in [5.74, 6) is 1.60. The molecule has 1 aromatic carbocycles. The molecule has 4 nitrogen and oxygen atoms in total. The van der Waals surface area contributed by atoms with E-state index in [0.29, 0.717) is 5.92 Å². The van der Waals surface area contributed by atoms with Crippen molar-refractivity contribution in [3.63, 3.8) is 0 Å². The Morgan fingerprint density at radius 2 is 2.23 bits per heavy atom. The van der Waals surface area contributed by atoms with Gasteiger partial charge in [-0.2, -0.15) is 5.10 Å². The summed E-state index contributed by atoms with van der Waals surface area (Å²) in [5.41, 5.74) is 3.72. The highest BCUT2D eigenvalue weighted by atomic mass is 16.5. The van der Waals surface area contributed by atoms with Gasteiger partial charge in [0.15, 0.2) is 0 Å². The van der Waals surface area contributed by atoms with Gasteiger partial charge in [-0.15, -0.1) is 0 Å². The van der Waals surface area contributed by atoms with E-state index in [-0.39, 0.29) is 0 Å². The molecule has 0 amide bonds. The van der Waals surface area contributed by atoms with Crippen molar-refractivity contribution in [1.29, 1.82) is 0 Å². The Bertz CT molecular complexity index is 594. The molecule has 0 radical (unpaired) electrons. The molecule has 0 saturated carbocycles. The maximum absolute atomic E-state index is 5.98. The molecule has 0 aliphatic carbocycles. The minimum atomic E-state index is 0.581. The van der Waals surface area contributed by atoms with E-state index in [1.54, 1.807) is 0 Å². The van der Waals surface area contributed by atoms with Gasteiger partial charge in [-0.25, -0.2) is 0 Å². The summed E-state index contributed by atoms with van der Waals surface area (Å²) < 4.78 is 5.98. The molecular formula is C18H25N3O. The van der Waals surface area contributed by atoms with Crippen LogP contribution in [0.2, 0.25) is 0 Å². The fourth-order valence-corrected chi connectivity index (χ4v) is 3.15. The summed E-state index contributed by atoms with van der Waals surface area (Å²) in [6.07, 6.45) is 4.33. The highest BCUT2D eigenvalue weighted by Gasteiger charge is 2.22. The number of nitrogens with zero attached hydrogens (tertiary/aromatic N) is 2. The van der Waals surface area contributed by atoms with Gasteiger partial charge < -0.3 is 4.74 Å². The van der Waals surface area contributed by atoms with Gasteiger partial charge in [0.25, 0.3) is 0 Å². The number of benzene rings is 1. The Morgan fingerprint density at radius 3 is 3.05 bits per heavy atom. The van der Waals surface area contributed by atoms with Gasteiger partial charge in [-0.3, -0.25) is 10.00 Å². The number of H-pyrrole nitrogens is 1. The lowest BCUT2D eigenvalue weighted by Crippen LogP contribution is -2.37. The molecule has 1 N–H and O–H groups in total. The Kier molecular flexibility index (Phi) is 4.78. The number of likely N-dealkylation sites (tertiary alicyclic amines) is 1. The summed E-state index contributed by atoms with van der Waals surface area (Å²) in [7, 11) is 0. The van der Waals surface area contributed by atoms with Gasteiger partial charge in [0.2, 0.25) is 0 Å². The summed E-state index contributed by atoms with van der Waals surface area (Å²) in [6, 6.07) is 8.47. The molecule has 1 aliphatic heterocycles. The zero-order valence-electron chi connectivity index (χ0n) is 13.5. The van der Waals surface area contributed by atoms with Crippen LogP contribution in [0.4, 0.5) is 0 Å². The van der Waals surface area contributed by atoms with Crippen molar-refractivity contribution in [2.24, 2.45) is 0 Å². The van der Waals surface area contributed by atoms with Crippen LogP contribution in [0.1, 0.15) is 35.6 Å². The summed E-state index contributed by atoms with van der Waals surface area (Å²) in [4.78, 5) is 2.50. The fourth-order valence-electron chi connectivity index (χ4n) is 3.15. The van der Waals surface area contributed by atoms with E-state index >= 15 is 0 Å². The molecule has 1 aliphatic rings. The number of hydrogen-bond acceptors (Lipinski definition) is 3. The van der Waals surface area contributed by atoms with Gasteiger partial charge in [0.05, 0.1) is 0 Å². The monoisotopic (exact) mass is 299 g/mol. The van der Waals surface area contributed by atoms with E-state index in [1.165, 1.54) is 36.2 Å². The van der Waals surface area contributed by atoms with Gasteiger partial charge >= 0.3 is 0 Å². The lowest BCUT2D eigenvalue weighted by molar-refractivity contribution is 0.168. The van der Waals surface area contributed by atoms with Gasteiger partial charge in [0.1, 0.15) is 12.4 Å². The molecule has 0 bridgehead atoms. The second kappa shape index (κ2) is 6.97. The van der Waals surface area contributed by atoms with E-state index in [1.807, 2.05) is 6.20 Å². The van der Waals surface area contributed by atoms with Gasteiger partial charge in [0, 0.05) is 30.9 Å².